The monoisotopic (exact) mass is 409 g/mol. The summed E-state index contributed by atoms with van der Waals surface area (Å²) in [6, 6.07) is 20.8. The van der Waals surface area contributed by atoms with E-state index in [0.29, 0.717) is 5.92 Å². The summed E-state index contributed by atoms with van der Waals surface area (Å²) in [5.41, 5.74) is 2.58. The van der Waals surface area contributed by atoms with E-state index in [1.807, 2.05) is 24.3 Å². The molecule has 1 atom stereocenters. The summed E-state index contributed by atoms with van der Waals surface area (Å²) in [6.07, 6.45) is 0. The molecule has 0 saturated heterocycles. The van der Waals surface area contributed by atoms with Crippen LogP contribution in [0.1, 0.15) is 24.0 Å². The third kappa shape index (κ3) is 6.05. The first-order valence-corrected chi connectivity index (χ1v) is 7.33. The lowest BCUT2D eigenvalue weighted by Crippen LogP contribution is -2.38. The second kappa shape index (κ2) is 10.2. The van der Waals surface area contributed by atoms with Crippen molar-refractivity contribution in [3.63, 3.8) is 0 Å². The van der Waals surface area contributed by atoms with Crippen molar-refractivity contribution in [2.45, 2.75) is 19.4 Å². The number of rotatable bonds is 5. The summed E-state index contributed by atoms with van der Waals surface area (Å²) < 4.78 is 0. The number of halogens is 1. The molecule has 2 aromatic rings. The second-order valence-corrected chi connectivity index (χ2v) is 5.10. The maximum atomic E-state index is 4.26. The van der Waals surface area contributed by atoms with E-state index in [-0.39, 0.29) is 24.0 Å². The van der Waals surface area contributed by atoms with Gasteiger partial charge in [-0.3, -0.25) is 4.99 Å². The zero-order valence-electron chi connectivity index (χ0n) is 13.1. The molecule has 2 N–H and O–H groups in total. The Labute approximate surface area is 150 Å². The van der Waals surface area contributed by atoms with Crippen LogP contribution in [0.3, 0.4) is 0 Å². The predicted octanol–water partition coefficient (Wildman–Crippen LogP) is 3.77. The van der Waals surface area contributed by atoms with Gasteiger partial charge in [0, 0.05) is 20.1 Å². The van der Waals surface area contributed by atoms with Crippen molar-refractivity contribution in [1.82, 2.24) is 10.6 Å². The van der Waals surface area contributed by atoms with Gasteiger partial charge < -0.3 is 10.6 Å². The summed E-state index contributed by atoms with van der Waals surface area (Å²) in [6.45, 7) is 3.85. The maximum Gasteiger partial charge on any atom is 0.191 e. The van der Waals surface area contributed by atoms with Crippen molar-refractivity contribution in [2.75, 3.05) is 13.6 Å². The van der Waals surface area contributed by atoms with Gasteiger partial charge in [0.25, 0.3) is 0 Å². The van der Waals surface area contributed by atoms with E-state index in [9.17, 15) is 0 Å². The zero-order chi connectivity index (χ0) is 14.9. The minimum absolute atomic E-state index is 0. The minimum atomic E-state index is 0. The third-order valence-corrected chi connectivity index (χ3v) is 3.47. The van der Waals surface area contributed by atoms with Crippen molar-refractivity contribution in [3.8, 4) is 0 Å². The fraction of sp³-hybridized carbons (Fsp3) is 0.278. The largest absolute Gasteiger partial charge is 0.356 e. The molecule has 0 bridgehead atoms. The molecule has 2 aromatic carbocycles. The molecule has 3 nitrogen and oxygen atoms in total. The van der Waals surface area contributed by atoms with Gasteiger partial charge in [-0.15, -0.1) is 24.0 Å². The van der Waals surface area contributed by atoms with Crippen LogP contribution >= 0.6 is 24.0 Å². The molecule has 0 aliphatic rings. The second-order valence-electron chi connectivity index (χ2n) is 5.10. The molecular formula is C18H24IN3. The molecule has 0 aliphatic heterocycles. The predicted molar refractivity (Wildman–Crippen MR) is 105 cm³/mol. The third-order valence-electron chi connectivity index (χ3n) is 3.47. The molecule has 2 rings (SSSR count). The van der Waals surface area contributed by atoms with Gasteiger partial charge >= 0.3 is 0 Å². The number of nitrogens with one attached hydrogen (secondary N) is 2. The van der Waals surface area contributed by atoms with Crippen LogP contribution in [0.15, 0.2) is 65.7 Å². The highest BCUT2D eigenvalue weighted by Crippen LogP contribution is 2.12. The van der Waals surface area contributed by atoms with E-state index in [1.54, 1.807) is 7.05 Å². The van der Waals surface area contributed by atoms with Crippen molar-refractivity contribution in [2.24, 2.45) is 4.99 Å². The van der Waals surface area contributed by atoms with Gasteiger partial charge in [-0.25, -0.2) is 0 Å². The molecule has 0 heterocycles. The summed E-state index contributed by atoms with van der Waals surface area (Å²) in [5.74, 6) is 1.28. The van der Waals surface area contributed by atoms with E-state index in [2.05, 4.69) is 58.9 Å². The summed E-state index contributed by atoms with van der Waals surface area (Å²) in [7, 11) is 1.80. The van der Waals surface area contributed by atoms with Gasteiger partial charge in [0.2, 0.25) is 0 Å². The molecule has 0 amide bonds. The van der Waals surface area contributed by atoms with E-state index in [0.717, 1.165) is 19.0 Å². The lowest BCUT2D eigenvalue weighted by Gasteiger charge is -2.16. The van der Waals surface area contributed by atoms with Crippen LogP contribution in [-0.2, 0) is 6.54 Å². The average Bonchev–Trinajstić information content (AvgIpc) is 2.56. The first-order chi connectivity index (χ1) is 10.3. The molecular weight excluding hydrogens is 385 g/mol. The number of guanidine groups is 1. The average molecular weight is 409 g/mol. The van der Waals surface area contributed by atoms with Crippen molar-refractivity contribution < 1.29 is 0 Å². The van der Waals surface area contributed by atoms with Crippen molar-refractivity contribution in [1.29, 1.82) is 0 Å². The molecule has 22 heavy (non-hydrogen) atoms. The Kier molecular flexibility index (Phi) is 8.58. The lowest BCUT2D eigenvalue weighted by molar-refractivity contribution is 0.699. The van der Waals surface area contributed by atoms with Crippen molar-refractivity contribution in [3.05, 3.63) is 71.8 Å². The van der Waals surface area contributed by atoms with E-state index < -0.39 is 0 Å². The number of benzene rings is 2. The Morgan fingerprint density at radius 2 is 1.55 bits per heavy atom. The van der Waals surface area contributed by atoms with Gasteiger partial charge in [-0.2, -0.15) is 0 Å². The van der Waals surface area contributed by atoms with Gasteiger partial charge in [-0.05, 0) is 17.0 Å². The Morgan fingerprint density at radius 3 is 2.14 bits per heavy atom. The Bertz CT molecular complexity index is 555. The molecule has 0 spiro atoms. The van der Waals surface area contributed by atoms with Crippen LogP contribution in [-0.4, -0.2) is 19.6 Å². The zero-order valence-corrected chi connectivity index (χ0v) is 15.5. The first-order valence-electron chi connectivity index (χ1n) is 7.33. The van der Waals surface area contributed by atoms with Crippen LogP contribution in [0.2, 0.25) is 0 Å². The van der Waals surface area contributed by atoms with Crippen LogP contribution in [0.4, 0.5) is 0 Å². The van der Waals surface area contributed by atoms with Gasteiger partial charge in [0.05, 0.1) is 0 Å². The highest BCUT2D eigenvalue weighted by molar-refractivity contribution is 14.0. The Hall–Kier alpha value is -1.56. The molecule has 118 valence electrons. The molecule has 0 fully saturated rings. The molecule has 0 aliphatic carbocycles. The Morgan fingerprint density at radius 1 is 0.955 bits per heavy atom. The quantitative estimate of drug-likeness (QED) is 0.448. The van der Waals surface area contributed by atoms with Crippen LogP contribution < -0.4 is 10.6 Å². The summed E-state index contributed by atoms with van der Waals surface area (Å²) in [5, 5.41) is 6.71. The standard InChI is InChI=1S/C18H23N3.HI/c1-15(17-11-7-4-8-12-17)13-20-18(19-2)21-14-16-9-5-3-6-10-16;/h3-12,15H,13-14H2,1-2H3,(H2,19,20,21);1H. The lowest BCUT2D eigenvalue weighted by atomic mass is 10.0. The van der Waals surface area contributed by atoms with Crippen LogP contribution in [0, 0.1) is 0 Å². The molecule has 0 aromatic heterocycles. The van der Waals surface area contributed by atoms with E-state index >= 15 is 0 Å². The van der Waals surface area contributed by atoms with Gasteiger partial charge in [0.15, 0.2) is 5.96 Å². The van der Waals surface area contributed by atoms with Crippen LogP contribution in [0.25, 0.3) is 0 Å². The molecule has 4 heteroatoms. The normalized spacial score (nSPS) is 12.2. The SMILES string of the molecule is CN=C(NCc1ccccc1)NCC(C)c1ccccc1.I. The molecule has 1 unspecified atom stereocenters. The van der Waals surface area contributed by atoms with Gasteiger partial charge in [0.1, 0.15) is 0 Å². The fourth-order valence-corrected chi connectivity index (χ4v) is 2.15. The number of hydrogen-bond acceptors (Lipinski definition) is 1. The minimum Gasteiger partial charge on any atom is -0.356 e. The van der Waals surface area contributed by atoms with E-state index in [1.165, 1.54) is 11.1 Å². The first kappa shape index (κ1) is 18.5. The highest BCUT2D eigenvalue weighted by Gasteiger charge is 2.05. The number of hydrogen-bond donors (Lipinski definition) is 2. The number of nitrogens with zero attached hydrogens (tertiary/aromatic N) is 1. The van der Waals surface area contributed by atoms with Gasteiger partial charge in [-0.1, -0.05) is 67.6 Å². The smallest absolute Gasteiger partial charge is 0.191 e. The summed E-state index contributed by atoms with van der Waals surface area (Å²) >= 11 is 0. The summed E-state index contributed by atoms with van der Waals surface area (Å²) in [4.78, 5) is 4.26. The number of aliphatic imine (C=N–C) groups is 1. The topological polar surface area (TPSA) is 36.4 Å². The van der Waals surface area contributed by atoms with Crippen molar-refractivity contribution >= 4 is 29.9 Å². The fourth-order valence-electron chi connectivity index (χ4n) is 2.15. The maximum absolute atomic E-state index is 4.26. The molecule has 0 saturated carbocycles. The van der Waals surface area contributed by atoms with E-state index in [4.69, 9.17) is 0 Å². The molecule has 0 radical (unpaired) electrons. The van der Waals surface area contributed by atoms with Crippen LogP contribution in [0.5, 0.6) is 0 Å². The Balaban J connectivity index is 0.00000242. The highest BCUT2D eigenvalue weighted by atomic mass is 127.